The number of likely N-dealkylation sites (tertiary alicyclic amines) is 1. The van der Waals surface area contributed by atoms with Crippen LogP contribution in [-0.4, -0.2) is 77.7 Å². The molecule has 3 amide bonds. The van der Waals surface area contributed by atoms with Crippen molar-refractivity contribution < 1.29 is 41.0 Å². The summed E-state index contributed by atoms with van der Waals surface area (Å²) >= 11 is 1.57. The molecule has 0 spiro atoms. The number of likely N-dealkylation sites (N-methyl/N-ethyl adjacent to an activating group) is 1. The number of hydrogen-bond donors (Lipinski definition) is 2. The van der Waals surface area contributed by atoms with Gasteiger partial charge in [0.1, 0.15) is 0 Å². The fourth-order valence-corrected chi connectivity index (χ4v) is 5.66. The first kappa shape index (κ1) is 33.6. The van der Waals surface area contributed by atoms with Crippen LogP contribution in [0.2, 0.25) is 0 Å². The SMILES string of the molecule is CSCC[C@@H](CO)NC(=O)N1C[C@@H](N(C)C(=O)C(C)(C)c2cc(C(F)(F)F)cc(C(F)(F)F)c2)[C@H](c2ccccc2)C1. The predicted molar refractivity (Wildman–Crippen MR) is 149 cm³/mol. The lowest BCUT2D eigenvalue weighted by Crippen LogP contribution is -2.50. The number of nitrogens with one attached hydrogen (secondary N) is 1. The Morgan fingerprint density at radius 2 is 1.55 bits per heavy atom. The van der Waals surface area contributed by atoms with Crippen LogP contribution in [0.25, 0.3) is 0 Å². The highest BCUT2D eigenvalue weighted by molar-refractivity contribution is 7.98. The van der Waals surface area contributed by atoms with Crippen LogP contribution in [-0.2, 0) is 22.6 Å². The van der Waals surface area contributed by atoms with Gasteiger partial charge in [0.2, 0.25) is 5.91 Å². The fourth-order valence-electron chi connectivity index (χ4n) is 5.14. The summed E-state index contributed by atoms with van der Waals surface area (Å²) in [7, 11) is 1.44. The second-order valence-corrected chi connectivity index (χ2v) is 11.9. The van der Waals surface area contributed by atoms with E-state index in [1.165, 1.54) is 30.7 Å². The lowest BCUT2D eigenvalue weighted by atomic mass is 9.80. The average molecular weight is 620 g/mol. The zero-order chi connectivity index (χ0) is 31.5. The molecule has 1 aliphatic rings. The molecule has 1 fully saturated rings. The molecule has 13 heteroatoms. The minimum atomic E-state index is -5.05. The summed E-state index contributed by atoms with van der Waals surface area (Å²) in [4.78, 5) is 29.9. The van der Waals surface area contributed by atoms with Gasteiger partial charge in [0.15, 0.2) is 0 Å². The van der Waals surface area contributed by atoms with Crippen molar-refractivity contribution in [3.05, 3.63) is 70.8 Å². The Bertz CT molecular complexity index is 1210. The van der Waals surface area contributed by atoms with Crippen molar-refractivity contribution in [3.63, 3.8) is 0 Å². The number of thioether (sulfide) groups is 1. The van der Waals surface area contributed by atoms with Gasteiger partial charge in [-0.05, 0) is 61.6 Å². The van der Waals surface area contributed by atoms with Crippen LogP contribution in [0.15, 0.2) is 48.5 Å². The topological polar surface area (TPSA) is 72.9 Å². The van der Waals surface area contributed by atoms with Gasteiger partial charge in [-0.25, -0.2) is 4.79 Å². The molecule has 1 saturated heterocycles. The third-order valence-electron chi connectivity index (χ3n) is 7.68. The zero-order valence-corrected chi connectivity index (χ0v) is 24.5. The molecule has 0 bridgehead atoms. The van der Waals surface area contributed by atoms with Crippen LogP contribution >= 0.6 is 11.8 Å². The van der Waals surface area contributed by atoms with E-state index < -0.39 is 58.5 Å². The van der Waals surface area contributed by atoms with E-state index in [1.54, 1.807) is 30.0 Å². The van der Waals surface area contributed by atoms with Crippen LogP contribution in [0.4, 0.5) is 31.1 Å². The Morgan fingerprint density at radius 1 is 1.00 bits per heavy atom. The van der Waals surface area contributed by atoms with Crippen molar-refractivity contribution in [2.24, 2.45) is 0 Å². The second kappa shape index (κ2) is 13.2. The first-order valence-corrected chi connectivity index (χ1v) is 14.7. The number of amides is 3. The van der Waals surface area contributed by atoms with Gasteiger partial charge in [0.25, 0.3) is 0 Å². The Labute approximate surface area is 245 Å². The number of halogens is 6. The molecule has 0 radical (unpaired) electrons. The van der Waals surface area contributed by atoms with Gasteiger partial charge in [0, 0.05) is 26.1 Å². The quantitative estimate of drug-likeness (QED) is 0.351. The molecule has 2 aromatic rings. The molecule has 1 heterocycles. The third kappa shape index (κ3) is 7.71. The molecule has 0 unspecified atom stereocenters. The first-order chi connectivity index (χ1) is 19.5. The molecule has 42 heavy (non-hydrogen) atoms. The highest BCUT2D eigenvalue weighted by Gasteiger charge is 2.45. The van der Waals surface area contributed by atoms with Crippen molar-refractivity contribution in [1.82, 2.24) is 15.1 Å². The van der Waals surface area contributed by atoms with Gasteiger partial charge >= 0.3 is 18.4 Å². The lowest BCUT2D eigenvalue weighted by molar-refractivity contribution is -0.144. The smallest absolute Gasteiger partial charge is 0.394 e. The Hall–Kier alpha value is -2.93. The molecule has 0 aromatic heterocycles. The van der Waals surface area contributed by atoms with Crippen molar-refractivity contribution in [2.45, 2.75) is 56.0 Å². The Kier molecular flexibility index (Phi) is 10.5. The van der Waals surface area contributed by atoms with Crippen LogP contribution in [0.5, 0.6) is 0 Å². The van der Waals surface area contributed by atoms with Gasteiger partial charge < -0.3 is 20.2 Å². The molecule has 2 N–H and O–H groups in total. The fraction of sp³-hybridized carbons (Fsp3) is 0.517. The predicted octanol–water partition coefficient (Wildman–Crippen LogP) is 5.75. The molecule has 0 aliphatic carbocycles. The molecule has 6 nitrogen and oxygen atoms in total. The maximum absolute atomic E-state index is 13.9. The number of alkyl halides is 6. The molecule has 2 aromatic carbocycles. The summed E-state index contributed by atoms with van der Waals surface area (Å²) in [6, 6.07) is 8.72. The average Bonchev–Trinajstić information content (AvgIpc) is 3.39. The molecular weight excluding hydrogens is 584 g/mol. The van der Waals surface area contributed by atoms with E-state index in [1.807, 2.05) is 18.4 Å². The van der Waals surface area contributed by atoms with E-state index in [0.29, 0.717) is 18.6 Å². The van der Waals surface area contributed by atoms with Crippen molar-refractivity contribution >= 4 is 23.7 Å². The molecular formula is C29H35F6N3O3S. The number of urea groups is 1. The van der Waals surface area contributed by atoms with Crippen LogP contribution in [0, 0.1) is 0 Å². The van der Waals surface area contributed by atoms with Crippen LogP contribution in [0.1, 0.15) is 48.4 Å². The summed E-state index contributed by atoms with van der Waals surface area (Å²) in [5.41, 5.74) is -4.38. The van der Waals surface area contributed by atoms with Gasteiger partial charge in [-0.15, -0.1) is 0 Å². The minimum absolute atomic E-state index is 0.0332. The molecule has 3 rings (SSSR count). The maximum Gasteiger partial charge on any atom is 0.416 e. The maximum atomic E-state index is 13.9. The summed E-state index contributed by atoms with van der Waals surface area (Å²) in [5, 5.41) is 12.5. The normalized spacial score (nSPS) is 18.6. The number of carbonyl (C=O) groups is 2. The van der Waals surface area contributed by atoms with Crippen molar-refractivity contribution in [3.8, 4) is 0 Å². The summed E-state index contributed by atoms with van der Waals surface area (Å²) in [6.07, 6.45) is -7.66. The van der Waals surface area contributed by atoms with Crippen molar-refractivity contribution in [2.75, 3.05) is 38.8 Å². The number of aliphatic hydroxyl groups is 1. The van der Waals surface area contributed by atoms with Crippen LogP contribution < -0.4 is 5.32 Å². The molecule has 232 valence electrons. The largest absolute Gasteiger partial charge is 0.416 e. The van der Waals surface area contributed by atoms with E-state index in [2.05, 4.69) is 5.32 Å². The van der Waals surface area contributed by atoms with Gasteiger partial charge in [0.05, 0.1) is 35.2 Å². The second-order valence-electron chi connectivity index (χ2n) is 10.9. The number of carbonyl (C=O) groups excluding carboxylic acids is 2. The van der Waals surface area contributed by atoms with Gasteiger partial charge in [-0.2, -0.15) is 38.1 Å². The van der Waals surface area contributed by atoms with E-state index in [0.717, 1.165) is 11.3 Å². The summed E-state index contributed by atoms with van der Waals surface area (Å²) < 4.78 is 81.3. The monoisotopic (exact) mass is 619 g/mol. The van der Waals surface area contributed by atoms with E-state index in [9.17, 15) is 41.0 Å². The number of nitrogens with zero attached hydrogens (tertiary/aromatic N) is 2. The highest BCUT2D eigenvalue weighted by Crippen LogP contribution is 2.40. The molecule has 1 aliphatic heterocycles. The summed E-state index contributed by atoms with van der Waals surface area (Å²) in [5.74, 6) is -0.359. The number of hydrogen-bond acceptors (Lipinski definition) is 4. The number of benzene rings is 2. The minimum Gasteiger partial charge on any atom is -0.394 e. The lowest BCUT2D eigenvalue weighted by Gasteiger charge is -2.36. The number of rotatable bonds is 9. The van der Waals surface area contributed by atoms with Crippen molar-refractivity contribution in [1.29, 1.82) is 0 Å². The zero-order valence-electron chi connectivity index (χ0n) is 23.7. The van der Waals surface area contributed by atoms with Crippen LogP contribution in [0.3, 0.4) is 0 Å². The van der Waals surface area contributed by atoms with E-state index in [-0.39, 0.29) is 31.7 Å². The molecule has 3 atom stereocenters. The standard InChI is InChI=1S/C29H35F6N3O3S/c1-27(2,19-12-20(28(30,31)32)14-21(13-19)29(33,34)35)25(40)37(3)24-16-38(15-23(24)18-8-6-5-7-9-18)26(41)36-22(17-39)10-11-42-4/h5-9,12-14,22-24,39H,10-11,15-17H2,1-4H3,(H,36,41)/t22-,23-,24+/m0/s1. The Balaban J connectivity index is 1.95. The third-order valence-corrected chi connectivity index (χ3v) is 8.33. The summed E-state index contributed by atoms with van der Waals surface area (Å²) in [6.45, 7) is 2.60. The van der Waals surface area contributed by atoms with Gasteiger partial charge in [-0.1, -0.05) is 30.3 Å². The van der Waals surface area contributed by atoms with E-state index in [4.69, 9.17) is 0 Å². The van der Waals surface area contributed by atoms with Gasteiger partial charge in [-0.3, -0.25) is 4.79 Å². The molecule has 0 saturated carbocycles. The van der Waals surface area contributed by atoms with E-state index >= 15 is 0 Å². The highest BCUT2D eigenvalue weighted by atomic mass is 32.2. The Morgan fingerprint density at radius 3 is 2.05 bits per heavy atom. The number of aliphatic hydroxyl groups excluding tert-OH is 1. The first-order valence-electron chi connectivity index (χ1n) is 13.3.